The molecule has 0 radical (unpaired) electrons. The molecule has 0 heterocycles. The monoisotopic (exact) mass is 324 g/mol. The van der Waals surface area contributed by atoms with Crippen molar-refractivity contribution in [2.45, 2.75) is 20.3 Å². The fraction of sp³-hybridized carbons (Fsp3) is 0.250. The van der Waals surface area contributed by atoms with Crippen LogP contribution in [0.2, 0.25) is 0 Å². The average molecular weight is 324 g/mol. The van der Waals surface area contributed by atoms with Gasteiger partial charge in [0.15, 0.2) is 0 Å². The Balaban J connectivity index is 1.91. The van der Waals surface area contributed by atoms with Crippen molar-refractivity contribution in [1.29, 1.82) is 0 Å². The third kappa shape index (κ3) is 4.88. The first-order valence-electron chi connectivity index (χ1n) is 8.10. The molecule has 4 heteroatoms. The molecule has 0 saturated carbocycles. The predicted octanol–water partition coefficient (Wildman–Crippen LogP) is 4.17. The standard InChI is InChI=1S/C20H24N2O2/c1-4-13-24-18-11-9-17(10-12-18)22-19(23)14-21-20-15(3)7-6-8-16(20)5-2/h4,6-12,21H,1,5,13-14H2,2-3H3,(H,22,23). The molecular formula is C20H24N2O2. The molecule has 2 rings (SSSR count). The number of hydrogen-bond donors (Lipinski definition) is 2. The highest BCUT2D eigenvalue weighted by atomic mass is 16.5. The molecule has 2 N–H and O–H groups in total. The third-order valence-corrected chi connectivity index (χ3v) is 3.67. The molecule has 1 amide bonds. The second-order valence-electron chi connectivity index (χ2n) is 5.49. The Labute approximate surface area is 143 Å². The number of amides is 1. The van der Waals surface area contributed by atoms with E-state index in [4.69, 9.17) is 4.74 Å². The predicted molar refractivity (Wildman–Crippen MR) is 99.8 cm³/mol. The van der Waals surface area contributed by atoms with Gasteiger partial charge in [-0.3, -0.25) is 4.79 Å². The minimum atomic E-state index is -0.0833. The second-order valence-corrected chi connectivity index (χ2v) is 5.49. The Morgan fingerprint density at radius 2 is 1.96 bits per heavy atom. The zero-order chi connectivity index (χ0) is 17.4. The second kappa shape index (κ2) is 8.77. The SMILES string of the molecule is C=CCOc1ccc(NC(=O)CNc2c(C)cccc2CC)cc1. The van der Waals surface area contributed by atoms with E-state index in [1.165, 1.54) is 5.56 Å². The summed E-state index contributed by atoms with van der Waals surface area (Å²) in [5.74, 6) is 0.665. The molecular weight excluding hydrogens is 300 g/mol. The zero-order valence-corrected chi connectivity index (χ0v) is 14.3. The van der Waals surface area contributed by atoms with Crippen molar-refractivity contribution < 1.29 is 9.53 Å². The van der Waals surface area contributed by atoms with E-state index < -0.39 is 0 Å². The summed E-state index contributed by atoms with van der Waals surface area (Å²) in [5, 5.41) is 6.12. The van der Waals surface area contributed by atoms with Crippen LogP contribution in [0.4, 0.5) is 11.4 Å². The van der Waals surface area contributed by atoms with Crippen LogP contribution in [0.5, 0.6) is 5.75 Å². The van der Waals surface area contributed by atoms with E-state index in [2.05, 4.69) is 30.2 Å². The number of aryl methyl sites for hydroxylation is 2. The van der Waals surface area contributed by atoms with E-state index in [-0.39, 0.29) is 12.5 Å². The number of rotatable bonds is 8. The van der Waals surface area contributed by atoms with Gasteiger partial charge in [-0.2, -0.15) is 0 Å². The summed E-state index contributed by atoms with van der Waals surface area (Å²) in [5.41, 5.74) is 4.15. The van der Waals surface area contributed by atoms with Crippen molar-refractivity contribution >= 4 is 17.3 Å². The molecule has 0 aliphatic carbocycles. The maximum Gasteiger partial charge on any atom is 0.243 e. The minimum Gasteiger partial charge on any atom is -0.490 e. The summed E-state index contributed by atoms with van der Waals surface area (Å²) in [6.45, 7) is 8.45. The Bertz CT molecular complexity index is 693. The van der Waals surface area contributed by atoms with Crippen molar-refractivity contribution in [2.24, 2.45) is 0 Å². The van der Waals surface area contributed by atoms with Gasteiger partial charge in [0.2, 0.25) is 5.91 Å². The number of para-hydroxylation sites is 1. The normalized spacial score (nSPS) is 10.1. The lowest BCUT2D eigenvalue weighted by atomic mass is 10.1. The van der Waals surface area contributed by atoms with Crippen LogP contribution < -0.4 is 15.4 Å². The molecule has 0 atom stereocenters. The molecule has 0 unspecified atom stereocenters. The molecule has 2 aromatic carbocycles. The molecule has 126 valence electrons. The van der Waals surface area contributed by atoms with Crippen LogP contribution in [0, 0.1) is 6.92 Å². The van der Waals surface area contributed by atoms with E-state index in [1.807, 2.05) is 43.3 Å². The fourth-order valence-corrected chi connectivity index (χ4v) is 2.44. The fourth-order valence-electron chi connectivity index (χ4n) is 2.44. The van der Waals surface area contributed by atoms with Crippen LogP contribution in [0.15, 0.2) is 55.1 Å². The van der Waals surface area contributed by atoms with Gasteiger partial charge >= 0.3 is 0 Å². The van der Waals surface area contributed by atoms with Crippen molar-refractivity contribution in [3.8, 4) is 5.75 Å². The molecule has 0 saturated heterocycles. The molecule has 0 bridgehead atoms. The largest absolute Gasteiger partial charge is 0.490 e. The van der Waals surface area contributed by atoms with Gasteiger partial charge < -0.3 is 15.4 Å². The van der Waals surface area contributed by atoms with Crippen molar-refractivity contribution in [3.63, 3.8) is 0 Å². The van der Waals surface area contributed by atoms with E-state index in [0.29, 0.717) is 6.61 Å². The number of ether oxygens (including phenoxy) is 1. The maximum atomic E-state index is 12.1. The summed E-state index contributed by atoms with van der Waals surface area (Å²) < 4.78 is 5.42. The highest BCUT2D eigenvalue weighted by Crippen LogP contribution is 2.21. The molecule has 0 aliphatic heterocycles. The molecule has 0 fully saturated rings. The lowest BCUT2D eigenvalue weighted by Gasteiger charge is -2.14. The third-order valence-electron chi connectivity index (χ3n) is 3.67. The van der Waals surface area contributed by atoms with E-state index >= 15 is 0 Å². The van der Waals surface area contributed by atoms with E-state index in [1.54, 1.807) is 6.08 Å². The molecule has 24 heavy (non-hydrogen) atoms. The molecule has 0 spiro atoms. The van der Waals surface area contributed by atoms with E-state index in [9.17, 15) is 4.79 Å². The molecule has 0 aromatic heterocycles. The van der Waals surface area contributed by atoms with Gasteiger partial charge in [0.25, 0.3) is 0 Å². The highest BCUT2D eigenvalue weighted by Gasteiger charge is 2.07. The van der Waals surface area contributed by atoms with Crippen LogP contribution in [0.25, 0.3) is 0 Å². The Morgan fingerprint density at radius 3 is 2.62 bits per heavy atom. The Hall–Kier alpha value is -2.75. The highest BCUT2D eigenvalue weighted by molar-refractivity contribution is 5.94. The van der Waals surface area contributed by atoms with Crippen molar-refractivity contribution in [2.75, 3.05) is 23.8 Å². The number of nitrogens with one attached hydrogen (secondary N) is 2. The number of benzene rings is 2. The number of hydrogen-bond acceptors (Lipinski definition) is 3. The van der Waals surface area contributed by atoms with Crippen molar-refractivity contribution in [1.82, 2.24) is 0 Å². The van der Waals surface area contributed by atoms with Crippen LogP contribution in [-0.4, -0.2) is 19.1 Å². The van der Waals surface area contributed by atoms with Gasteiger partial charge in [-0.05, 0) is 48.7 Å². The average Bonchev–Trinajstić information content (AvgIpc) is 2.60. The Morgan fingerprint density at radius 1 is 1.21 bits per heavy atom. The number of carbonyl (C=O) groups excluding carboxylic acids is 1. The number of carbonyl (C=O) groups is 1. The lowest BCUT2D eigenvalue weighted by molar-refractivity contribution is -0.114. The van der Waals surface area contributed by atoms with E-state index in [0.717, 1.165) is 29.1 Å². The van der Waals surface area contributed by atoms with Gasteiger partial charge in [0.1, 0.15) is 12.4 Å². The maximum absolute atomic E-state index is 12.1. The summed E-state index contributed by atoms with van der Waals surface area (Å²) in [4.78, 5) is 12.1. The quantitative estimate of drug-likeness (QED) is 0.716. The molecule has 4 nitrogen and oxygen atoms in total. The van der Waals surface area contributed by atoms with Crippen molar-refractivity contribution in [3.05, 3.63) is 66.2 Å². The molecule has 0 aliphatic rings. The lowest BCUT2D eigenvalue weighted by Crippen LogP contribution is -2.22. The van der Waals surface area contributed by atoms with Gasteiger partial charge in [-0.1, -0.05) is 37.8 Å². The summed E-state index contributed by atoms with van der Waals surface area (Å²) in [7, 11) is 0. The number of anilines is 2. The summed E-state index contributed by atoms with van der Waals surface area (Å²) in [6, 6.07) is 13.4. The smallest absolute Gasteiger partial charge is 0.243 e. The first kappa shape index (κ1) is 17.6. The zero-order valence-electron chi connectivity index (χ0n) is 14.3. The van der Waals surface area contributed by atoms with Crippen LogP contribution in [-0.2, 0) is 11.2 Å². The minimum absolute atomic E-state index is 0.0833. The first-order valence-corrected chi connectivity index (χ1v) is 8.10. The molecule has 2 aromatic rings. The first-order chi connectivity index (χ1) is 11.6. The van der Waals surface area contributed by atoms with Crippen LogP contribution in [0.1, 0.15) is 18.1 Å². The van der Waals surface area contributed by atoms with Crippen LogP contribution >= 0.6 is 0 Å². The van der Waals surface area contributed by atoms with Gasteiger partial charge in [0, 0.05) is 11.4 Å². The summed E-state index contributed by atoms with van der Waals surface area (Å²) in [6.07, 6.45) is 2.62. The topological polar surface area (TPSA) is 50.4 Å². The van der Waals surface area contributed by atoms with Gasteiger partial charge in [0.05, 0.1) is 6.54 Å². The van der Waals surface area contributed by atoms with Crippen LogP contribution in [0.3, 0.4) is 0 Å². The Kier molecular flexibility index (Phi) is 6.43. The van der Waals surface area contributed by atoms with Gasteiger partial charge in [-0.25, -0.2) is 0 Å². The van der Waals surface area contributed by atoms with Gasteiger partial charge in [-0.15, -0.1) is 0 Å². The summed E-state index contributed by atoms with van der Waals surface area (Å²) >= 11 is 0.